The van der Waals surface area contributed by atoms with E-state index in [0.29, 0.717) is 5.01 Å². The summed E-state index contributed by atoms with van der Waals surface area (Å²) in [5, 5.41) is 4.86. The van der Waals surface area contributed by atoms with Crippen LogP contribution in [0.2, 0.25) is 0 Å². The number of nitrogens with zero attached hydrogens (tertiary/aromatic N) is 2. The van der Waals surface area contributed by atoms with Crippen LogP contribution in [0, 0.1) is 0 Å². The summed E-state index contributed by atoms with van der Waals surface area (Å²) < 4.78 is 25.8. The molecule has 106 valence electrons. The molecule has 0 atom stereocenters. The summed E-state index contributed by atoms with van der Waals surface area (Å²) in [6, 6.07) is 0. The number of carbonyl (C=O) groups excluding carboxylic acids is 1. The van der Waals surface area contributed by atoms with Gasteiger partial charge in [0.2, 0.25) is 0 Å². The summed E-state index contributed by atoms with van der Waals surface area (Å²) in [5.74, 6) is -3.10. The van der Waals surface area contributed by atoms with Crippen molar-refractivity contribution in [2.24, 2.45) is 0 Å². The molecule has 2 aromatic heterocycles. The lowest BCUT2D eigenvalue weighted by Gasteiger charge is -2.45. The van der Waals surface area contributed by atoms with Gasteiger partial charge in [0.25, 0.3) is 11.8 Å². The second-order valence-corrected chi connectivity index (χ2v) is 6.09. The van der Waals surface area contributed by atoms with Gasteiger partial charge in [-0.05, 0) is 6.92 Å². The number of nitrogens with one attached hydrogen (secondary N) is 2. The van der Waals surface area contributed by atoms with E-state index in [0.717, 1.165) is 5.69 Å². The average Bonchev–Trinajstić information content (AvgIpc) is 2.97. The molecule has 0 spiro atoms. The van der Waals surface area contributed by atoms with Crippen LogP contribution in [0.25, 0.3) is 10.7 Å². The van der Waals surface area contributed by atoms with E-state index in [9.17, 15) is 13.6 Å². The number of rotatable bonds is 3. The SMILES string of the molecule is CC1(NC(=O)c2csc(-c3cnc[nH]3)n2)CC(F)(F)C1. The van der Waals surface area contributed by atoms with Crippen LogP contribution in [-0.4, -0.2) is 32.3 Å². The number of thiazole rings is 1. The maximum Gasteiger partial charge on any atom is 0.271 e. The molecule has 0 aromatic carbocycles. The Morgan fingerprint density at radius 2 is 2.25 bits per heavy atom. The number of halogens is 2. The van der Waals surface area contributed by atoms with Gasteiger partial charge in [-0.25, -0.2) is 18.7 Å². The van der Waals surface area contributed by atoms with Crippen molar-refractivity contribution in [3.63, 3.8) is 0 Å². The zero-order valence-corrected chi connectivity index (χ0v) is 11.4. The minimum Gasteiger partial charge on any atom is -0.345 e. The van der Waals surface area contributed by atoms with Crippen LogP contribution in [-0.2, 0) is 0 Å². The normalized spacial score (nSPS) is 19.4. The largest absolute Gasteiger partial charge is 0.345 e. The van der Waals surface area contributed by atoms with Gasteiger partial charge in [0.1, 0.15) is 10.7 Å². The molecule has 3 rings (SSSR count). The van der Waals surface area contributed by atoms with Crippen molar-refractivity contribution in [2.75, 3.05) is 0 Å². The molecular formula is C12H12F2N4OS. The number of aromatic amines is 1. The van der Waals surface area contributed by atoms with E-state index in [4.69, 9.17) is 0 Å². The molecular weight excluding hydrogens is 286 g/mol. The number of H-pyrrole nitrogens is 1. The third-order valence-electron chi connectivity index (χ3n) is 3.18. The zero-order chi connectivity index (χ0) is 14.4. The molecule has 1 saturated carbocycles. The van der Waals surface area contributed by atoms with Gasteiger partial charge in [-0.15, -0.1) is 11.3 Å². The number of alkyl halides is 2. The molecule has 2 heterocycles. The summed E-state index contributed by atoms with van der Waals surface area (Å²) >= 11 is 1.30. The molecule has 0 bridgehead atoms. The number of carbonyl (C=O) groups is 1. The van der Waals surface area contributed by atoms with Crippen molar-refractivity contribution in [3.05, 3.63) is 23.6 Å². The van der Waals surface area contributed by atoms with Gasteiger partial charge >= 0.3 is 0 Å². The maximum atomic E-state index is 12.9. The number of hydrogen-bond donors (Lipinski definition) is 2. The van der Waals surface area contributed by atoms with Crippen molar-refractivity contribution in [1.29, 1.82) is 0 Å². The molecule has 5 nitrogen and oxygen atoms in total. The van der Waals surface area contributed by atoms with E-state index < -0.39 is 17.4 Å². The van der Waals surface area contributed by atoms with Crippen molar-refractivity contribution >= 4 is 17.2 Å². The fourth-order valence-electron chi connectivity index (χ4n) is 2.39. The first-order valence-corrected chi connectivity index (χ1v) is 6.90. The number of imidazole rings is 1. The van der Waals surface area contributed by atoms with E-state index >= 15 is 0 Å². The monoisotopic (exact) mass is 298 g/mol. The highest BCUT2D eigenvalue weighted by molar-refractivity contribution is 7.13. The molecule has 1 aliphatic carbocycles. The molecule has 8 heteroatoms. The molecule has 1 aliphatic rings. The summed E-state index contributed by atoms with van der Waals surface area (Å²) in [7, 11) is 0. The van der Waals surface area contributed by atoms with Crippen LogP contribution >= 0.6 is 11.3 Å². The summed E-state index contributed by atoms with van der Waals surface area (Å²) in [6.07, 6.45) is 2.47. The Bertz CT molecular complexity index is 630. The Hall–Kier alpha value is -1.83. The lowest BCUT2D eigenvalue weighted by Crippen LogP contribution is -2.60. The van der Waals surface area contributed by atoms with Crippen LogP contribution in [0.15, 0.2) is 17.9 Å². The standard InChI is InChI=1S/C12H12F2N4OS/c1-11(4-12(13,14)5-11)18-9(19)8-3-20-10(17-8)7-2-15-6-16-7/h2-3,6H,4-5H2,1H3,(H,15,16)(H,18,19). The second kappa shape index (κ2) is 4.34. The van der Waals surface area contributed by atoms with Crippen LogP contribution in [0.4, 0.5) is 8.78 Å². The third-order valence-corrected chi connectivity index (χ3v) is 4.05. The highest BCUT2D eigenvalue weighted by Crippen LogP contribution is 2.45. The van der Waals surface area contributed by atoms with Gasteiger partial charge in [-0.2, -0.15) is 0 Å². The van der Waals surface area contributed by atoms with Gasteiger partial charge in [0.05, 0.1) is 18.2 Å². The fraction of sp³-hybridized carbons (Fsp3) is 0.417. The van der Waals surface area contributed by atoms with E-state index in [1.165, 1.54) is 17.7 Å². The average molecular weight is 298 g/mol. The highest BCUT2D eigenvalue weighted by Gasteiger charge is 2.54. The predicted octanol–water partition coefficient (Wildman–Crippen LogP) is 2.45. The van der Waals surface area contributed by atoms with Crippen molar-refractivity contribution in [2.45, 2.75) is 31.2 Å². The summed E-state index contributed by atoms with van der Waals surface area (Å²) in [4.78, 5) is 23.0. The number of hydrogen-bond acceptors (Lipinski definition) is 4. The maximum absolute atomic E-state index is 12.9. The molecule has 2 N–H and O–H groups in total. The highest BCUT2D eigenvalue weighted by atomic mass is 32.1. The van der Waals surface area contributed by atoms with Crippen LogP contribution in [0.1, 0.15) is 30.3 Å². The van der Waals surface area contributed by atoms with Crippen LogP contribution in [0.3, 0.4) is 0 Å². The van der Waals surface area contributed by atoms with Crippen molar-refractivity contribution in [1.82, 2.24) is 20.3 Å². The smallest absolute Gasteiger partial charge is 0.271 e. The van der Waals surface area contributed by atoms with Gasteiger partial charge < -0.3 is 10.3 Å². The Morgan fingerprint density at radius 1 is 1.50 bits per heavy atom. The number of aromatic nitrogens is 3. The number of amides is 1. The lowest BCUT2D eigenvalue weighted by molar-refractivity contribution is -0.124. The Morgan fingerprint density at radius 3 is 2.85 bits per heavy atom. The molecule has 20 heavy (non-hydrogen) atoms. The first-order chi connectivity index (χ1) is 9.37. The minimum absolute atomic E-state index is 0.232. The zero-order valence-electron chi connectivity index (χ0n) is 10.6. The quantitative estimate of drug-likeness (QED) is 0.914. The van der Waals surface area contributed by atoms with E-state index in [1.54, 1.807) is 18.5 Å². The van der Waals surface area contributed by atoms with E-state index in [1.807, 2.05) is 0 Å². The molecule has 2 aromatic rings. The van der Waals surface area contributed by atoms with Gasteiger partial charge in [-0.1, -0.05) is 0 Å². The third kappa shape index (κ3) is 2.43. The minimum atomic E-state index is -2.68. The molecule has 1 amide bonds. The topological polar surface area (TPSA) is 70.7 Å². The van der Waals surface area contributed by atoms with Gasteiger partial charge in [-0.3, -0.25) is 4.79 Å². The van der Waals surface area contributed by atoms with Crippen LogP contribution < -0.4 is 5.32 Å². The van der Waals surface area contributed by atoms with E-state index in [2.05, 4.69) is 20.3 Å². The Balaban J connectivity index is 1.70. The first kappa shape index (κ1) is 13.2. The van der Waals surface area contributed by atoms with Gasteiger partial charge in [0, 0.05) is 23.8 Å². The molecule has 0 radical (unpaired) electrons. The summed E-state index contributed by atoms with van der Waals surface area (Å²) in [5.41, 5.74) is 0.102. The molecule has 0 saturated heterocycles. The van der Waals surface area contributed by atoms with Crippen molar-refractivity contribution < 1.29 is 13.6 Å². The Kier molecular flexibility index (Phi) is 2.86. The van der Waals surface area contributed by atoms with Crippen molar-refractivity contribution in [3.8, 4) is 10.7 Å². The second-order valence-electron chi connectivity index (χ2n) is 5.23. The first-order valence-electron chi connectivity index (χ1n) is 6.02. The van der Waals surface area contributed by atoms with Crippen LogP contribution in [0.5, 0.6) is 0 Å². The lowest BCUT2D eigenvalue weighted by atomic mass is 9.75. The molecule has 1 fully saturated rings. The summed E-state index contributed by atoms with van der Waals surface area (Å²) in [6.45, 7) is 1.62. The predicted molar refractivity (Wildman–Crippen MR) is 69.7 cm³/mol. The van der Waals surface area contributed by atoms with Gasteiger partial charge in [0.15, 0.2) is 0 Å². The molecule has 0 aliphatic heterocycles. The molecule has 0 unspecified atom stereocenters. The fourth-order valence-corrected chi connectivity index (χ4v) is 3.16. The Labute approximate surface area is 117 Å². The van der Waals surface area contributed by atoms with E-state index in [-0.39, 0.29) is 18.5 Å².